The summed E-state index contributed by atoms with van der Waals surface area (Å²) in [7, 11) is 0. The summed E-state index contributed by atoms with van der Waals surface area (Å²) in [6.07, 6.45) is 2.14. The number of rotatable bonds is 4. The van der Waals surface area contributed by atoms with E-state index in [4.69, 9.17) is 11.6 Å². The van der Waals surface area contributed by atoms with Gasteiger partial charge < -0.3 is 10.2 Å². The molecule has 0 bridgehead atoms. The molecule has 110 valence electrons. The second-order valence-electron chi connectivity index (χ2n) is 5.20. The highest BCUT2D eigenvalue weighted by Crippen LogP contribution is 2.23. The highest BCUT2D eigenvalue weighted by molar-refractivity contribution is 9.10. The van der Waals surface area contributed by atoms with Crippen LogP contribution >= 0.6 is 27.5 Å². The second-order valence-corrected chi connectivity index (χ2v) is 6.55. The maximum atomic E-state index is 12.5. The minimum absolute atomic E-state index is 0.0788. The Balaban J connectivity index is 1.94. The van der Waals surface area contributed by atoms with Crippen LogP contribution in [0.5, 0.6) is 0 Å². The second kappa shape index (κ2) is 7.43. The smallest absolute Gasteiger partial charge is 0.253 e. The van der Waals surface area contributed by atoms with E-state index in [0.717, 1.165) is 43.5 Å². The standard InChI is InChI=1S/C15H20BrClN2O/c1-2-18-10-11-3-5-19(6-4-11)15(20)12-7-13(16)9-14(17)8-12/h7-9,11,18H,2-6,10H2,1H3. The van der Waals surface area contributed by atoms with E-state index in [1.54, 1.807) is 12.1 Å². The van der Waals surface area contributed by atoms with Crippen LogP contribution in [0.25, 0.3) is 0 Å². The van der Waals surface area contributed by atoms with Crippen LogP contribution in [0.1, 0.15) is 30.1 Å². The fraction of sp³-hybridized carbons (Fsp3) is 0.533. The van der Waals surface area contributed by atoms with E-state index in [-0.39, 0.29) is 5.91 Å². The van der Waals surface area contributed by atoms with Crippen LogP contribution in [-0.2, 0) is 0 Å². The van der Waals surface area contributed by atoms with Crippen molar-refractivity contribution in [3.63, 3.8) is 0 Å². The van der Waals surface area contributed by atoms with Gasteiger partial charge in [-0.25, -0.2) is 0 Å². The summed E-state index contributed by atoms with van der Waals surface area (Å²) in [6, 6.07) is 5.36. The van der Waals surface area contributed by atoms with Gasteiger partial charge in [-0.15, -0.1) is 0 Å². The van der Waals surface area contributed by atoms with E-state index in [1.807, 2.05) is 11.0 Å². The molecule has 1 heterocycles. The zero-order valence-electron chi connectivity index (χ0n) is 11.7. The Labute approximate surface area is 133 Å². The number of amides is 1. The first-order chi connectivity index (χ1) is 9.60. The fourth-order valence-electron chi connectivity index (χ4n) is 2.55. The third-order valence-corrected chi connectivity index (χ3v) is 4.37. The van der Waals surface area contributed by atoms with Crippen molar-refractivity contribution >= 4 is 33.4 Å². The Morgan fingerprint density at radius 2 is 2.10 bits per heavy atom. The van der Waals surface area contributed by atoms with Gasteiger partial charge in [0.1, 0.15) is 0 Å². The maximum absolute atomic E-state index is 12.5. The number of carbonyl (C=O) groups excluding carboxylic acids is 1. The predicted octanol–water partition coefficient (Wildman–Crippen LogP) is 3.56. The highest BCUT2D eigenvalue weighted by atomic mass is 79.9. The first kappa shape index (κ1) is 15.8. The number of hydrogen-bond acceptors (Lipinski definition) is 2. The number of benzene rings is 1. The molecule has 1 fully saturated rings. The van der Waals surface area contributed by atoms with Gasteiger partial charge in [0, 0.05) is 28.1 Å². The van der Waals surface area contributed by atoms with Crippen molar-refractivity contribution in [3.8, 4) is 0 Å². The Bertz CT molecular complexity index is 453. The number of carbonyl (C=O) groups is 1. The van der Waals surface area contributed by atoms with Crippen LogP contribution in [0.15, 0.2) is 22.7 Å². The molecule has 0 unspecified atom stereocenters. The van der Waals surface area contributed by atoms with Gasteiger partial charge in [0.15, 0.2) is 0 Å². The van der Waals surface area contributed by atoms with Gasteiger partial charge in [0.2, 0.25) is 0 Å². The van der Waals surface area contributed by atoms with Crippen molar-refractivity contribution < 1.29 is 4.79 Å². The molecule has 0 spiro atoms. The Morgan fingerprint density at radius 1 is 1.40 bits per heavy atom. The predicted molar refractivity (Wildman–Crippen MR) is 86.3 cm³/mol. The molecule has 20 heavy (non-hydrogen) atoms. The molecule has 0 atom stereocenters. The number of nitrogens with zero attached hydrogens (tertiary/aromatic N) is 1. The average molecular weight is 360 g/mol. The number of likely N-dealkylation sites (tertiary alicyclic amines) is 1. The van der Waals surface area contributed by atoms with Gasteiger partial charge in [0.25, 0.3) is 5.91 Å². The van der Waals surface area contributed by atoms with Gasteiger partial charge in [-0.2, -0.15) is 0 Å². The van der Waals surface area contributed by atoms with Crippen molar-refractivity contribution in [2.24, 2.45) is 5.92 Å². The summed E-state index contributed by atoms with van der Waals surface area (Å²) >= 11 is 9.38. The molecule has 1 aromatic rings. The molecule has 1 saturated heterocycles. The Hall–Kier alpha value is -0.580. The van der Waals surface area contributed by atoms with Crippen LogP contribution in [0.4, 0.5) is 0 Å². The lowest BCUT2D eigenvalue weighted by molar-refractivity contribution is 0.0690. The molecule has 1 aliphatic heterocycles. The Morgan fingerprint density at radius 3 is 2.70 bits per heavy atom. The van der Waals surface area contributed by atoms with Crippen molar-refractivity contribution in [2.75, 3.05) is 26.2 Å². The van der Waals surface area contributed by atoms with Crippen molar-refractivity contribution in [1.82, 2.24) is 10.2 Å². The van der Waals surface area contributed by atoms with Gasteiger partial charge in [-0.05, 0) is 50.0 Å². The zero-order valence-corrected chi connectivity index (χ0v) is 14.0. The molecule has 0 aliphatic carbocycles. The topological polar surface area (TPSA) is 32.3 Å². The molecular formula is C15H20BrClN2O. The molecule has 1 aromatic carbocycles. The molecule has 3 nitrogen and oxygen atoms in total. The molecular weight excluding hydrogens is 340 g/mol. The third kappa shape index (κ3) is 4.21. The quantitative estimate of drug-likeness (QED) is 0.891. The van der Waals surface area contributed by atoms with Crippen LogP contribution in [0.3, 0.4) is 0 Å². The number of halogens is 2. The van der Waals surface area contributed by atoms with E-state index in [1.165, 1.54) is 0 Å². The van der Waals surface area contributed by atoms with Crippen molar-refractivity contribution in [3.05, 3.63) is 33.3 Å². The SMILES string of the molecule is CCNCC1CCN(C(=O)c2cc(Cl)cc(Br)c2)CC1. The maximum Gasteiger partial charge on any atom is 0.253 e. The lowest BCUT2D eigenvalue weighted by Crippen LogP contribution is -2.40. The normalized spacial score (nSPS) is 16.4. The van der Waals surface area contributed by atoms with E-state index >= 15 is 0 Å². The minimum Gasteiger partial charge on any atom is -0.339 e. The van der Waals surface area contributed by atoms with E-state index in [2.05, 4.69) is 28.2 Å². The summed E-state index contributed by atoms with van der Waals surface area (Å²) in [5, 5.41) is 3.97. The molecule has 5 heteroatoms. The van der Waals surface area contributed by atoms with E-state index < -0.39 is 0 Å². The number of nitrogens with one attached hydrogen (secondary N) is 1. The monoisotopic (exact) mass is 358 g/mol. The average Bonchev–Trinajstić information content (AvgIpc) is 2.44. The van der Waals surface area contributed by atoms with Crippen LogP contribution < -0.4 is 5.32 Å². The van der Waals surface area contributed by atoms with Gasteiger partial charge >= 0.3 is 0 Å². The van der Waals surface area contributed by atoms with Crippen LogP contribution in [0.2, 0.25) is 5.02 Å². The highest BCUT2D eigenvalue weighted by Gasteiger charge is 2.23. The number of piperidine rings is 1. The molecule has 0 aromatic heterocycles. The molecule has 1 aliphatic rings. The lowest BCUT2D eigenvalue weighted by Gasteiger charge is -2.32. The van der Waals surface area contributed by atoms with Crippen LogP contribution in [0, 0.1) is 5.92 Å². The summed E-state index contributed by atoms with van der Waals surface area (Å²) in [6.45, 7) is 5.85. The number of hydrogen-bond donors (Lipinski definition) is 1. The van der Waals surface area contributed by atoms with Crippen molar-refractivity contribution in [2.45, 2.75) is 19.8 Å². The first-order valence-corrected chi connectivity index (χ1v) is 8.23. The Kier molecular flexibility index (Phi) is 5.87. The van der Waals surface area contributed by atoms with Gasteiger partial charge in [-0.1, -0.05) is 34.5 Å². The molecule has 1 N–H and O–H groups in total. The molecule has 2 rings (SSSR count). The zero-order chi connectivity index (χ0) is 14.5. The summed E-state index contributed by atoms with van der Waals surface area (Å²) in [5.74, 6) is 0.764. The summed E-state index contributed by atoms with van der Waals surface area (Å²) in [5.41, 5.74) is 0.662. The van der Waals surface area contributed by atoms with Gasteiger partial charge in [-0.3, -0.25) is 4.79 Å². The minimum atomic E-state index is 0.0788. The fourth-order valence-corrected chi connectivity index (χ4v) is 3.41. The van der Waals surface area contributed by atoms with Crippen molar-refractivity contribution in [1.29, 1.82) is 0 Å². The summed E-state index contributed by atoms with van der Waals surface area (Å²) < 4.78 is 0.843. The molecule has 0 saturated carbocycles. The van der Waals surface area contributed by atoms with Crippen LogP contribution in [-0.4, -0.2) is 37.0 Å². The lowest BCUT2D eigenvalue weighted by atomic mass is 9.96. The third-order valence-electron chi connectivity index (χ3n) is 3.69. The largest absolute Gasteiger partial charge is 0.339 e. The first-order valence-electron chi connectivity index (χ1n) is 7.06. The molecule has 0 radical (unpaired) electrons. The van der Waals surface area contributed by atoms with Gasteiger partial charge in [0.05, 0.1) is 0 Å². The van der Waals surface area contributed by atoms with E-state index in [0.29, 0.717) is 16.5 Å². The summed E-state index contributed by atoms with van der Waals surface area (Å²) in [4.78, 5) is 14.4. The molecule has 1 amide bonds. The van der Waals surface area contributed by atoms with E-state index in [9.17, 15) is 4.79 Å².